The van der Waals surface area contributed by atoms with Crippen molar-refractivity contribution < 1.29 is 9.53 Å². The fourth-order valence-electron chi connectivity index (χ4n) is 1.57. The van der Waals surface area contributed by atoms with Gasteiger partial charge in [-0.2, -0.15) is 0 Å². The fourth-order valence-corrected chi connectivity index (χ4v) is 1.84. The lowest BCUT2D eigenvalue weighted by molar-refractivity contribution is 0.0601. The molecule has 0 unspecified atom stereocenters. The van der Waals surface area contributed by atoms with E-state index in [9.17, 15) is 4.79 Å². The van der Waals surface area contributed by atoms with Crippen LogP contribution in [0.25, 0.3) is 10.9 Å². The van der Waals surface area contributed by atoms with Crippen LogP contribution < -0.4 is 0 Å². The summed E-state index contributed by atoms with van der Waals surface area (Å²) >= 11 is 6.05. The molecule has 1 aromatic carbocycles. The summed E-state index contributed by atoms with van der Waals surface area (Å²) in [4.78, 5) is 14.4. The van der Waals surface area contributed by atoms with Crippen LogP contribution in [0.2, 0.25) is 5.02 Å². The number of aromatic amines is 1. The van der Waals surface area contributed by atoms with Gasteiger partial charge >= 0.3 is 5.97 Å². The Kier molecular flexibility index (Phi) is 2.40. The molecular formula is C11H10ClNO2. The topological polar surface area (TPSA) is 42.1 Å². The molecule has 2 rings (SSSR count). The second-order valence-corrected chi connectivity index (χ2v) is 3.77. The third kappa shape index (κ3) is 1.70. The molecule has 78 valence electrons. The van der Waals surface area contributed by atoms with Gasteiger partial charge in [0, 0.05) is 16.6 Å². The van der Waals surface area contributed by atoms with E-state index < -0.39 is 0 Å². The maximum Gasteiger partial charge on any atom is 0.337 e. The summed E-state index contributed by atoms with van der Waals surface area (Å²) in [6.07, 6.45) is 0. The monoisotopic (exact) mass is 223 g/mol. The molecule has 0 fully saturated rings. The number of fused-ring (bicyclic) bond motifs is 1. The Labute approximate surface area is 92.0 Å². The third-order valence-corrected chi connectivity index (χ3v) is 2.56. The lowest BCUT2D eigenvalue weighted by Gasteiger charge is -2.00. The van der Waals surface area contributed by atoms with Crippen LogP contribution in [0.3, 0.4) is 0 Å². The van der Waals surface area contributed by atoms with Crippen molar-refractivity contribution in [3.05, 3.63) is 34.5 Å². The van der Waals surface area contributed by atoms with E-state index in [0.29, 0.717) is 10.6 Å². The van der Waals surface area contributed by atoms with Gasteiger partial charge in [0.1, 0.15) is 0 Å². The van der Waals surface area contributed by atoms with Crippen molar-refractivity contribution in [3.8, 4) is 0 Å². The average Bonchev–Trinajstić information content (AvgIpc) is 2.58. The van der Waals surface area contributed by atoms with Crippen LogP contribution in [0.4, 0.5) is 0 Å². The number of hydrogen-bond acceptors (Lipinski definition) is 2. The van der Waals surface area contributed by atoms with Crippen molar-refractivity contribution in [1.82, 2.24) is 4.98 Å². The number of halogens is 1. The van der Waals surface area contributed by atoms with Gasteiger partial charge in [0.25, 0.3) is 0 Å². The van der Waals surface area contributed by atoms with Crippen molar-refractivity contribution in [2.45, 2.75) is 6.92 Å². The maximum atomic E-state index is 11.3. The minimum atomic E-state index is -0.383. The number of benzene rings is 1. The van der Waals surface area contributed by atoms with E-state index in [4.69, 9.17) is 11.6 Å². The molecular weight excluding hydrogens is 214 g/mol. The van der Waals surface area contributed by atoms with E-state index in [1.54, 1.807) is 12.1 Å². The largest absolute Gasteiger partial charge is 0.465 e. The zero-order chi connectivity index (χ0) is 11.0. The summed E-state index contributed by atoms with van der Waals surface area (Å²) in [5.74, 6) is -0.383. The van der Waals surface area contributed by atoms with E-state index in [-0.39, 0.29) is 5.97 Å². The van der Waals surface area contributed by atoms with Crippen LogP contribution in [0.15, 0.2) is 18.2 Å². The Morgan fingerprint density at radius 3 is 2.80 bits per heavy atom. The normalized spacial score (nSPS) is 10.6. The molecule has 0 aliphatic heterocycles. The standard InChI is InChI=1S/C11H10ClNO2/c1-6-3-8-9(12)4-7(11(14)15-2)5-10(8)13-6/h3-5,13H,1-2H3. The molecule has 1 N–H and O–H groups in total. The highest BCUT2D eigenvalue weighted by molar-refractivity contribution is 6.35. The minimum Gasteiger partial charge on any atom is -0.465 e. The Hall–Kier alpha value is -1.48. The maximum absolute atomic E-state index is 11.3. The first-order valence-electron chi connectivity index (χ1n) is 4.49. The number of carbonyl (C=O) groups excluding carboxylic acids is 1. The second kappa shape index (κ2) is 3.59. The number of aryl methyl sites for hydroxylation is 1. The van der Waals surface area contributed by atoms with Gasteiger partial charge in [-0.25, -0.2) is 4.79 Å². The molecule has 0 aliphatic carbocycles. The molecule has 1 aromatic heterocycles. The summed E-state index contributed by atoms with van der Waals surface area (Å²) in [5.41, 5.74) is 2.31. The first-order valence-corrected chi connectivity index (χ1v) is 4.87. The summed E-state index contributed by atoms with van der Waals surface area (Å²) in [6, 6.07) is 5.29. The van der Waals surface area contributed by atoms with Gasteiger partial charge in [0.05, 0.1) is 17.7 Å². The van der Waals surface area contributed by atoms with Gasteiger partial charge in [0.2, 0.25) is 0 Å². The Balaban J connectivity index is 2.66. The highest BCUT2D eigenvalue weighted by Crippen LogP contribution is 2.26. The molecule has 3 nitrogen and oxygen atoms in total. The molecule has 4 heteroatoms. The molecule has 0 saturated carbocycles. The summed E-state index contributed by atoms with van der Waals surface area (Å²) in [5, 5.41) is 1.47. The first kappa shape index (κ1) is 10.1. The number of methoxy groups -OCH3 is 1. The van der Waals surface area contributed by atoms with Crippen LogP contribution in [0.5, 0.6) is 0 Å². The summed E-state index contributed by atoms with van der Waals surface area (Å²) in [7, 11) is 1.35. The van der Waals surface area contributed by atoms with Gasteiger partial charge in [-0.05, 0) is 25.1 Å². The van der Waals surface area contributed by atoms with Gasteiger partial charge in [-0.15, -0.1) is 0 Å². The van der Waals surface area contributed by atoms with Gasteiger partial charge in [-0.3, -0.25) is 0 Å². The molecule has 0 spiro atoms. The molecule has 0 bridgehead atoms. The predicted octanol–water partition coefficient (Wildman–Crippen LogP) is 2.92. The molecule has 0 atom stereocenters. The van der Waals surface area contributed by atoms with Crippen LogP contribution in [-0.2, 0) is 4.74 Å². The van der Waals surface area contributed by atoms with E-state index in [2.05, 4.69) is 9.72 Å². The van der Waals surface area contributed by atoms with E-state index >= 15 is 0 Å². The Morgan fingerprint density at radius 1 is 1.40 bits per heavy atom. The van der Waals surface area contributed by atoms with Gasteiger partial charge in [0.15, 0.2) is 0 Å². The van der Waals surface area contributed by atoms with Crippen LogP contribution in [0, 0.1) is 6.92 Å². The SMILES string of the molecule is COC(=O)c1cc(Cl)c2cc(C)[nH]c2c1. The minimum absolute atomic E-state index is 0.383. The van der Waals surface area contributed by atoms with E-state index in [1.807, 2.05) is 13.0 Å². The van der Waals surface area contributed by atoms with Crippen molar-refractivity contribution in [3.63, 3.8) is 0 Å². The summed E-state index contributed by atoms with van der Waals surface area (Å²) < 4.78 is 4.64. The zero-order valence-corrected chi connectivity index (χ0v) is 9.18. The van der Waals surface area contributed by atoms with Crippen LogP contribution >= 0.6 is 11.6 Å². The van der Waals surface area contributed by atoms with Crippen molar-refractivity contribution in [2.75, 3.05) is 7.11 Å². The smallest absolute Gasteiger partial charge is 0.337 e. The molecule has 0 aliphatic rings. The number of esters is 1. The fraction of sp³-hybridized carbons (Fsp3) is 0.182. The molecule has 0 amide bonds. The highest BCUT2D eigenvalue weighted by Gasteiger charge is 2.10. The molecule has 1 heterocycles. The number of hydrogen-bond donors (Lipinski definition) is 1. The predicted molar refractivity (Wildman–Crippen MR) is 59.4 cm³/mol. The molecule has 0 radical (unpaired) electrons. The van der Waals surface area contributed by atoms with Gasteiger partial charge < -0.3 is 9.72 Å². The Bertz CT molecular complexity index is 531. The first-order chi connectivity index (χ1) is 7.11. The van der Waals surface area contributed by atoms with Crippen molar-refractivity contribution in [1.29, 1.82) is 0 Å². The number of ether oxygens (including phenoxy) is 1. The van der Waals surface area contributed by atoms with Crippen LogP contribution in [0.1, 0.15) is 16.1 Å². The number of rotatable bonds is 1. The van der Waals surface area contributed by atoms with Crippen LogP contribution in [-0.4, -0.2) is 18.1 Å². The van der Waals surface area contributed by atoms with E-state index in [1.165, 1.54) is 7.11 Å². The number of carbonyl (C=O) groups is 1. The van der Waals surface area contributed by atoms with E-state index in [0.717, 1.165) is 16.6 Å². The highest BCUT2D eigenvalue weighted by atomic mass is 35.5. The number of H-pyrrole nitrogens is 1. The molecule has 2 aromatic rings. The zero-order valence-electron chi connectivity index (χ0n) is 8.43. The quantitative estimate of drug-likeness (QED) is 0.756. The molecule has 15 heavy (non-hydrogen) atoms. The van der Waals surface area contributed by atoms with Gasteiger partial charge in [-0.1, -0.05) is 11.6 Å². The summed E-state index contributed by atoms with van der Waals surface area (Å²) in [6.45, 7) is 1.94. The molecule has 0 saturated heterocycles. The third-order valence-electron chi connectivity index (χ3n) is 2.24. The Morgan fingerprint density at radius 2 is 2.13 bits per heavy atom. The lowest BCUT2D eigenvalue weighted by atomic mass is 10.1. The average molecular weight is 224 g/mol. The van der Waals surface area contributed by atoms with Crippen molar-refractivity contribution >= 4 is 28.5 Å². The second-order valence-electron chi connectivity index (χ2n) is 3.36. The number of aromatic nitrogens is 1. The number of nitrogens with one attached hydrogen (secondary N) is 1. The lowest BCUT2D eigenvalue weighted by Crippen LogP contribution is -2.00. The van der Waals surface area contributed by atoms with Crippen molar-refractivity contribution in [2.24, 2.45) is 0 Å².